The molecule has 1 heterocycles. The predicted octanol–water partition coefficient (Wildman–Crippen LogP) is 1.09. The summed E-state index contributed by atoms with van der Waals surface area (Å²) in [6.45, 7) is 1.04. The minimum Gasteiger partial charge on any atom is -0.468 e. The van der Waals surface area contributed by atoms with Crippen LogP contribution in [0, 0.1) is 0 Å². The Balaban J connectivity index is 2.09. The molecule has 17 heavy (non-hydrogen) atoms. The van der Waals surface area contributed by atoms with Gasteiger partial charge < -0.3 is 15.8 Å². The third-order valence-corrected chi connectivity index (χ3v) is 3.07. The number of carbonyl (C=O) groups is 1. The zero-order chi connectivity index (χ0) is 12.3. The molecule has 0 aromatic heterocycles. The smallest absolute Gasteiger partial charge is 0.322 e. The lowest BCUT2D eigenvalue weighted by atomic mass is 9.98. The molecular formula is C13H18N2O2. The number of nitrogens with two attached hydrogens (primary N) is 1. The minimum atomic E-state index is -0.574. The van der Waals surface area contributed by atoms with Crippen LogP contribution in [0.25, 0.3) is 0 Å². The van der Waals surface area contributed by atoms with Crippen molar-refractivity contribution in [2.45, 2.75) is 25.3 Å². The van der Waals surface area contributed by atoms with Gasteiger partial charge in [-0.25, -0.2) is 0 Å². The van der Waals surface area contributed by atoms with Gasteiger partial charge in [-0.15, -0.1) is 0 Å². The highest BCUT2D eigenvalue weighted by Crippen LogP contribution is 2.23. The summed E-state index contributed by atoms with van der Waals surface area (Å²) in [6.07, 6.45) is 2.77. The van der Waals surface area contributed by atoms with E-state index in [2.05, 4.69) is 22.2 Å². The molecule has 92 valence electrons. The summed E-state index contributed by atoms with van der Waals surface area (Å²) < 4.78 is 4.62. The molecule has 1 aromatic rings. The van der Waals surface area contributed by atoms with Gasteiger partial charge in [-0.05, 0) is 36.5 Å². The Hall–Kier alpha value is -1.55. The second-order valence-corrected chi connectivity index (χ2v) is 4.36. The summed E-state index contributed by atoms with van der Waals surface area (Å²) >= 11 is 0. The highest BCUT2D eigenvalue weighted by atomic mass is 16.5. The van der Waals surface area contributed by atoms with Gasteiger partial charge >= 0.3 is 5.97 Å². The van der Waals surface area contributed by atoms with Gasteiger partial charge in [0.05, 0.1) is 7.11 Å². The van der Waals surface area contributed by atoms with Crippen LogP contribution in [0.15, 0.2) is 18.2 Å². The molecule has 4 heteroatoms. The summed E-state index contributed by atoms with van der Waals surface area (Å²) in [5, 5.41) is 3.35. The average molecular weight is 234 g/mol. The lowest BCUT2D eigenvalue weighted by Gasteiger charge is -2.19. The SMILES string of the molecule is COC(=O)[C@@H](N)Cc1ccc2c(c1)CCCN2. The zero-order valence-electron chi connectivity index (χ0n) is 10.0. The quantitative estimate of drug-likeness (QED) is 0.768. The van der Waals surface area contributed by atoms with Crippen LogP contribution in [0.3, 0.4) is 0 Å². The number of anilines is 1. The number of hydrogen-bond donors (Lipinski definition) is 2. The fourth-order valence-electron chi connectivity index (χ4n) is 2.14. The fraction of sp³-hybridized carbons (Fsp3) is 0.462. The predicted molar refractivity (Wildman–Crippen MR) is 66.9 cm³/mol. The summed E-state index contributed by atoms with van der Waals surface area (Å²) in [7, 11) is 1.36. The van der Waals surface area contributed by atoms with E-state index in [1.165, 1.54) is 18.4 Å². The van der Waals surface area contributed by atoms with E-state index in [4.69, 9.17) is 5.73 Å². The third-order valence-electron chi connectivity index (χ3n) is 3.07. The van der Waals surface area contributed by atoms with E-state index in [1.807, 2.05) is 6.07 Å². The van der Waals surface area contributed by atoms with Gasteiger partial charge in [-0.3, -0.25) is 4.79 Å². The molecule has 1 aliphatic heterocycles. The summed E-state index contributed by atoms with van der Waals surface area (Å²) in [6, 6.07) is 5.63. The van der Waals surface area contributed by atoms with Crippen LogP contribution < -0.4 is 11.1 Å². The number of nitrogens with one attached hydrogen (secondary N) is 1. The Morgan fingerprint density at radius 1 is 1.59 bits per heavy atom. The van der Waals surface area contributed by atoms with Gasteiger partial charge in [0.2, 0.25) is 0 Å². The monoisotopic (exact) mass is 234 g/mol. The van der Waals surface area contributed by atoms with E-state index < -0.39 is 6.04 Å². The number of methoxy groups -OCH3 is 1. The van der Waals surface area contributed by atoms with Crippen LogP contribution in [0.1, 0.15) is 17.5 Å². The number of hydrogen-bond acceptors (Lipinski definition) is 4. The van der Waals surface area contributed by atoms with E-state index in [0.29, 0.717) is 6.42 Å². The van der Waals surface area contributed by atoms with Gasteiger partial charge in [0, 0.05) is 12.2 Å². The highest BCUT2D eigenvalue weighted by molar-refractivity contribution is 5.75. The Labute approximate surface area is 101 Å². The van der Waals surface area contributed by atoms with E-state index in [-0.39, 0.29) is 5.97 Å². The maximum atomic E-state index is 11.2. The fourth-order valence-corrected chi connectivity index (χ4v) is 2.14. The van der Waals surface area contributed by atoms with Crippen LogP contribution in [-0.4, -0.2) is 25.7 Å². The number of benzene rings is 1. The van der Waals surface area contributed by atoms with Crippen molar-refractivity contribution in [3.63, 3.8) is 0 Å². The third kappa shape index (κ3) is 2.77. The molecule has 0 unspecified atom stereocenters. The van der Waals surface area contributed by atoms with E-state index in [9.17, 15) is 4.79 Å². The molecule has 0 radical (unpaired) electrons. The van der Waals surface area contributed by atoms with E-state index >= 15 is 0 Å². The Kier molecular flexibility index (Phi) is 3.64. The first kappa shape index (κ1) is 11.9. The maximum Gasteiger partial charge on any atom is 0.322 e. The van der Waals surface area contributed by atoms with Crippen molar-refractivity contribution in [2.24, 2.45) is 5.73 Å². The van der Waals surface area contributed by atoms with Crippen molar-refractivity contribution in [1.82, 2.24) is 0 Å². The van der Waals surface area contributed by atoms with Crippen LogP contribution in [0.5, 0.6) is 0 Å². The molecule has 0 aliphatic carbocycles. The molecule has 3 N–H and O–H groups in total. The first-order valence-corrected chi connectivity index (χ1v) is 5.90. The van der Waals surface area contributed by atoms with Crippen molar-refractivity contribution >= 4 is 11.7 Å². The van der Waals surface area contributed by atoms with E-state index in [1.54, 1.807) is 0 Å². The summed E-state index contributed by atoms with van der Waals surface area (Å²) in [5.74, 6) is -0.360. The van der Waals surface area contributed by atoms with Gasteiger partial charge in [-0.2, -0.15) is 0 Å². The molecule has 1 aromatic carbocycles. The van der Waals surface area contributed by atoms with Crippen LogP contribution >= 0.6 is 0 Å². The maximum absolute atomic E-state index is 11.2. The Bertz CT molecular complexity index is 418. The van der Waals surface area contributed by atoms with Gasteiger partial charge in [0.1, 0.15) is 6.04 Å². The normalized spacial score (nSPS) is 15.6. The van der Waals surface area contributed by atoms with Crippen LogP contribution in [-0.2, 0) is 22.4 Å². The average Bonchev–Trinajstić information content (AvgIpc) is 2.37. The molecule has 0 saturated carbocycles. The molecular weight excluding hydrogens is 216 g/mol. The van der Waals surface area contributed by atoms with Crippen LogP contribution in [0.4, 0.5) is 5.69 Å². The number of rotatable bonds is 3. The molecule has 0 saturated heterocycles. The number of carbonyl (C=O) groups excluding carboxylic acids is 1. The van der Waals surface area contributed by atoms with Gasteiger partial charge in [-0.1, -0.05) is 12.1 Å². The number of ether oxygens (including phenoxy) is 1. The summed E-state index contributed by atoms with van der Waals surface area (Å²) in [5.41, 5.74) is 9.35. The largest absolute Gasteiger partial charge is 0.468 e. The Morgan fingerprint density at radius 2 is 2.41 bits per heavy atom. The summed E-state index contributed by atoms with van der Waals surface area (Å²) in [4.78, 5) is 11.2. The zero-order valence-corrected chi connectivity index (χ0v) is 10.0. The van der Waals surface area contributed by atoms with Crippen molar-refractivity contribution in [2.75, 3.05) is 19.0 Å². The molecule has 0 amide bonds. The van der Waals surface area contributed by atoms with Gasteiger partial charge in [0.15, 0.2) is 0 Å². The Morgan fingerprint density at radius 3 is 3.18 bits per heavy atom. The molecule has 0 fully saturated rings. The number of esters is 1. The van der Waals surface area contributed by atoms with Crippen molar-refractivity contribution in [3.05, 3.63) is 29.3 Å². The molecule has 0 spiro atoms. The number of fused-ring (bicyclic) bond motifs is 1. The van der Waals surface area contributed by atoms with Crippen molar-refractivity contribution in [3.8, 4) is 0 Å². The molecule has 1 atom stereocenters. The second-order valence-electron chi connectivity index (χ2n) is 4.36. The van der Waals surface area contributed by atoms with Crippen molar-refractivity contribution in [1.29, 1.82) is 0 Å². The van der Waals surface area contributed by atoms with Gasteiger partial charge in [0.25, 0.3) is 0 Å². The minimum absolute atomic E-state index is 0.360. The second kappa shape index (κ2) is 5.19. The number of aryl methyl sites for hydroxylation is 1. The van der Waals surface area contributed by atoms with E-state index in [0.717, 1.165) is 24.9 Å². The standard InChI is InChI=1S/C13H18N2O2/c1-17-13(16)11(14)8-9-4-5-12-10(7-9)3-2-6-15-12/h4-5,7,11,15H,2-3,6,8,14H2,1H3/t11-/m0/s1. The lowest BCUT2D eigenvalue weighted by molar-refractivity contribution is -0.142. The first-order valence-electron chi connectivity index (χ1n) is 5.90. The van der Waals surface area contributed by atoms with Crippen molar-refractivity contribution < 1.29 is 9.53 Å². The first-order chi connectivity index (χ1) is 8.20. The van der Waals surface area contributed by atoms with Crippen LogP contribution in [0.2, 0.25) is 0 Å². The topological polar surface area (TPSA) is 64.3 Å². The molecule has 1 aliphatic rings. The highest BCUT2D eigenvalue weighted by Gasteiger charge is 2.15. The molecule has 2 rings (SSSR count). The molecule has 0 bridgehead atoms. The lowest BCUT2D eigenvalue weighted by Crippen LogP contribution is -2.33. The molecule has 4 nitrogen and oxygen atoms in total.